The van der Waals surface area contributed by atoms with Crippen LogP contribution in [0.15, 0.2) is 42.5 Å². The highest BCUT2D eigenvalue weighted by Gasteiger charge is 2.13. The maximum Gasteiger partial charge on any atom is 0.258 e. The van der Waals surface area contributed by atoms with Gasteiger partial charge in [-0.2, -0.15) is 0 Å². The Morgan fingerprint density at radius 3 is 2.59 bits per heavy atom. The smallest absolute Gasteiger partial charge is 0.258 e. The van der Waals surface area contributed by atoms with Crippen LogP contribution in [0.1, 0.15) is 20.7 Å². The second-order valence-electron chi connectivity index (χ2n) is 5.36. The number of halogens is 2. The molecule has 9 heteroatoms. The molecule has 27 heavy (non-hydrogen) atoms. The third-order valence-corrected chi connectivity index (χ3v) is 4.13. The Morgan fingerprint density at radius 2 is 1.89 bits per heavy atom. The number of nitrogens with one attached hydrogen (secondary N) is 3. The summed E-state index contributed by atoms with van der Waals surface area (Å²) < 4.78 is 4.89. The van der Waals surface area contributed by atoms with Crippen molar-refractivity contribution in [3.63, 3.8) is 0 Å². The number of methoxy groups -OCH3 is 1. The highest BCUT2D eigenvalue weighted by Crippen LogP contribution is 2.20. The van der Waals surface area contributed by atoms with Gasteiger partial charge in [0, 0.05) is 29.9 Å². The third-order valence-electron chi connectivity index (χ3n) is 3.38. The van der Waals surface area contributed by atoms with E-state index >= 15 is 0 Å². The molecule has 0 fully saturated rings. The van der Waals surface area contributed by atoms with Gasteiger partial charge in [0.05, 0.1) is 17.2 Å². The lowest BCUT2D eigenvalue weighted by Gasteiger charge is -2.11. The average molecular weight is 426 g/mol. The van der Waals surface area contributed by atoms with Crippen molar-refractivity contribution in [3.05, 3.63) is 63.6 Å². The van der Waals surface area contributed by atoms with Gasteiger partial charge in [-0.15, -0.1) is 0 Å². The third kappa shape index (κ3) is 6.48. The first-order chi connectivity index (χ1) is 12.9. The molecule has 2 aromatic carbocycles. The number of thiocarbonyl (C=S) groups is 1. The Labute approximate surface area is 172 Å². The van der Waals surface area contributed by atoms with Crippen molar-refractivity contribution in [2.45, 2.75) is 0 Å². The number of carbonyl (C=O) groups is 2. The predicted octanol–water partition coefficient (Wildman–Crippen LogP) is 3.50. The molecular weight excluding hydrogens is 409 g/mol. The first-order valence-electron chi connectivity index (χ1n) is 7.85. The zero-order chi connectivity index (χ0) is 19.8. The summed E-state index contributed by atoms with van der Waals surface area (Å²) in [4.78, 5) is 24.3. The fourth-order valence-corrected chi connectivity index (χ4v) is 2.82. The first kappa shape index (κ1) is 21.1. The fourth-order valence-electron chi connectivity index (χ4n) is 2.11. The van der Waals surface area contributed by atoms with Crippen LogP contribution in [0.3, 0.4) is 0 Å². The standard InChI is InChI=1S/C18H17Cl2N3O3S/c1-26-8-7-21-16(24)11-3-2-4-13(9-11)22-18(27)23-17(25)14-6-5-12(19)10-15(14)20/h2-6,9-10H,7-8H2,1H3,(H,21,24)(H2,22,23,25,27). The van der Waals surface area contributed by atoms with Crippen molar-refractivity contribution < 1.29 is 14.3 Å². The number of hydrogen-bond acceptors (Lipinski definition) is 4. The Kier molecular flexibility index (Phi) is 7.99. The van der Waals surface area contributed by atoms with Crippen molar-refractivity contribution in [1.82, 2.24) is 10.6 Å². The Morgan fingerprint density at radius 1 is 1.11 bits per heavy atom. The van der Waals surface area contributed by atoms with E-state index in [2.05, 4.69) is 16.0 Å². The lowest BCUT2D eigenvalue weighted by molar-refractivity contribution is 0.0935. The Balaban J connectivity index is 1.98. The molecule has 0 bridgehead atoms. The van der Waals surface area contributed by atoms with Crippen LogP contribution in [0.25, 0.3) is 0 Å². The minimum Gasteiger partial charge on any atom is -0.383 e. The number of rotatable bonds is 6. The van der Waals surface area contributed by atoms with E-state index in [4.69, 9.17) is 40.2 Å². The first-order valence-corrected chi connectivity index (χ1v) is 9.01. The predicted molar refractivity (Wildman–Crippen MR) is 111 cm³/mol. The van der Waals surface area contributed by atoms with E-state index in [-0.39, 0.29) is 21.6 Å². The van der Waals surface area contributed by atoms with Crippen molar-refractivity contribution in [1.29, 1.82) is 0 Å². The van der Waals surface area contributed by atoms with Gasteiger partial charge in [-0.3, -0.25) is 14.9 Å². The van der Waals surface area contributed by atoms with Gasteiger partial charge in [0.1, 0.15) is 0 Å². The van der Waals surface area contributed by atoms with Crippen LogP contribution in [-0.4, -0.2) is 37.2 Å². The van der Waals surface area contributed by atoms with E-state index < -0.39 is 5.91 Å². The normalized spacial score (nSPS) is 10.2. The molecule has 6 nitrogen and oxygen atoms in total. The minimum atomic E-state index is -0.470. The van der Waals surface area contributed by atoms with E-state index in [1.165, 1.54) is 12.1 Å². The lowest BCUT2D eigenvalue weighted by Crippen LogP contribution is -2.34. The second kappa shape index (κ2) is 10.2. The van der Waals surface area contributed by atoms with Crippen molar-refractivity contribution >= 4 is 58.0 Å². The van der Waals surface area contributed by atoms with E-state index in [1.807, 2.05) is 0 Å². The van der Waals surface area contributed by atoms with Gasteiger partial charge < -0.3 is 15.4 Å². The number of carbonyl (C=O) groups excluding carboxylic acids is 2. The molecule has 0 atom stereocenters. The quantitative estimate of drug-likeness (QED) is 0.487. The zero-order valence-corrected chi connectivity index (χ0v) is 16.7. The minimum absolute atomic E-state index is 0.0722. The molecule has 2 rings (SSSR count). The van der Waals surface area contributed by atoms with Crippen molar-refractivity contribution in [2.75, 3.05) is 25.6 Å². The summed E-state index contributed by atoms with van der Waals surface area (Å²) in [6.07, 6.45) is 0. The van der Waals surface area contributed by atoms with E-state index in [9.17, 15) is 9.59 Å². The summed E-state index contributed by atoms with van der Waals surface area (Å²) in [5, 5.41) is 8.84. The fraction of sp³-hybridized carbons (Fsp3) is 0.167. The number of anilines is 1. The van der Waals surface area contributed by atoms with Crippen molar-refractivity contribution in [3.8, 4) is 0 Å². The van der Waals surface area contributed by atoms with Crippen LogP contribution in [0.5, 0.6) is 0 Å². The second-order valence-corrected chi connectivity index (χ2v) is 6.61. The highest BCUT2D eigenvalue weighted by atomic mass is 35.5. The zero-order valence-electron chi connectivity index (χ0n) is 14.3. The Bertz CT molecular complexity index is 861. The van der Waals surface area contributed by atoms with Crippen LogP contribution >= 0.6 is 35.4 Å². The molecule has 3 N–H and O–H groups in total. The number of amides is 2. The summed E-state index contributed by atoms with van der Waals surface area (Å²) >= 11 is 17.0. The molecular formula is C18H17Cl2N3O3S. The molecule has 0 saturated carbocycles. The maximum absolute atomic E-state index is 12.3. The summed E-state index contributed by atoms with van der Waals surface area (Å²) in [6, 6.07) is 11.3. The highest BCUT2D eigenvalue weighted by molar-refractivity contribution is 7.80. The molecule has 0 aliphatic heterocycles. The van der Waals surface area contributed by atoms with Crippen LogP contribution in [-0.2, 0) is 4.74 Å². The van der Waals surface area contributed by atoms with Crippen LogP contribution < -0.4 is 16.0 Å². The molecule has 0 unspecified atom stereocenters. The number of benzene rings is 2. The largest absolute Gasteiger partial charge is 0.383 e. The molecule has 0 spiro atoms. The molecule has 0 aromatic heterocycles. The van der Waals surface area contributed by atoms with Gasteiger partial charge in [-0.05, 0) is 48.6 Å². The molecule has 2 aromatic rings. The molecule has 0 saturated heterocycles. The molecule has 0 radical (unpaired) electrons. The topological polar surface area (TPSA) is 79.5 Å². The maximum atomic E-state index is 12.3. The Hall–Kier alpha value is -2.19. The van der Waals surface area contributed by atoms with Crippen LogP contribution in [0.4, 0.5) is 5.69 Å². The summed E-state index contributed by atoms with van der Waals surface area (Å²) in [7, 11) is 1.56. The van der Waals surface area contributed by atoms with Crippen molar-refractivity contribution in [2.24, 2.45) is 0 Å². The summed E-state index contributed by atoms with van der Waals surface area (Å²) in [5.41, 5.74) is 1.25. The van der Waals surface area contributed by atoms with Crippen LogP contribution in [0.2, 0.25) is 10.0 Å². The van der Waals surface area contributed by atoms with Gasteiger partial charge in [0.15, 0.2) is 5.11 Å². The van der Waals surface area contributed by atoms with E-state index in [1.54, 1.807) is 37.4 Å². The van der Waals surface area contributed by atoms with E-state index in [0.29, 0.717) is 29.4 Å². The van der Waals surface area contributed by atoms with Gasteiger partial charge in [-0.1, -0.05) is 29.3 Å². The summed E-state index contributed by atoms with van der Waals surface area (Å²) in [5.74, 6) is -0.707. The van der Waals surface area contributed by atoms with Gasteiger partial charge in [-0.25, -0.2) is 0 Å². The van der Waals surface area contributed by atoms with Crippen LogP contribution in [0, 0.1) is 0 Å². The average Bonchev–Trinajstić information content (AvgIpc) is 2.61. The van der Waals surface area contributed by atoms with Gasteiger partial charge >= 0.3 is 0 Å². The molecule has 0 aliphatic carbocycles. The van der Waals surface area contributed by atoms with Gasteiger partial charge in [0.2, 0.25) is 0 Å². The lowest BCUT2D eigenvalue weighted by atomic mass is 10.2. The molecule has 0 aliphatic rings. The monoisotopic (exact) mass is 425 g/mol. The SMILES string of the molecule is COCCNC(=O)c1cccc(NC(=S)NC(=O)c2ccc(Cl)cc2Cl)c1. The van der Waals surface area contributed by atoms with E-state index in [0.717, 1.165) is 0 Å². The number of hydrogen-bond donors (Lipinski definition) is 3. The summed E-state index contributed by atoms with van der Waals surface area (Å²) in [6.45, 7) is 0.830. The molecule has 2 amide bonds. The number of ether oxygens (including phenoxy) is 1. The molecule has 142 valence electrons. The van der Waals surface area contributed by atoms with Gasteiger partial charge in [0.25, 0.3) is 11.8 Å². The molecule has 0 heterocycles.